The van der Waals surface area contributed by atoms with Gasteiger partial charge in [0.05, 0.1) is 0 Å². The molecule has 2 nitrogen and oxygen atoms in total. The average Bonchev–Trinajstić information content (AvgIpc) is 1.60. The van der Waals surface area contributed by atoms with Gasteiger partial charge >= 0.3 is 0 Å². The van der Waals surface area contributed by atoms with Crippen molar-refractivity contribution in [3.8, 4) is 0 Å². The number of nitrogens with one attached hydrogen (secondary N) is 1. The maximum absolute atomic E-state index is 7.00. The molecule has 0 aromatic carbocycles. The fraction of sp³-hybridized carbons (Fsp3) is 1.00. The fourth-order valence-corrected chi connectivity index (χ4v) is 10.1. The van der Waals surface area contributed by atoms with Crippen molar-refractivity contribution in [3.63, 3.8) is 0 Å². The predicted molar refractivity (Wildman–Crippen MR) is 58.0 cm³/mol. The van der Waals surface area contributed by atoms with Crippen LogP contribution in [-0.4, -0.2) is 28.7 Å². The summed E-state index contributed by atoms with van der Waals surface area (Å²) in [6.45, 7) is 14.1. The largest absolute Gasteiger partial charge is 0.400 e. The molecule has 0 saturated heterocycles. The van der Waals surface area contributed by atoms with Crippen molar-refractivity contribution >= 4 is 16.5 Å². The minimum atomic E-state index is -0.981. The minimum Gasteiger partial charge on any atom is -0.400 e. The second-order valence-corrected chi connectivity index (χ2v) is 14.6. The molecule has 0 bridgehead atoms. The molecule has 0 radical (unpaired) electrons. The van der Waals surface area contributed by atoms with Gasteiger partial charge in [-0.05, 0) is 0 Å². The van der Waals surface area contributed by atoms with Gasteiger partial charge in [0.25, 0.3) is 0 Å². The molecule has 0 aliphatic rings. The predicted octanol–water partition coefficient (Wildman–Crippen LogP) is 1.85. The van der Waals surface area contributed by atoms with Gasteiger partial charge in [-0.2, -0.15) is 0 Å². The molecule has 0 aliphatic heterocycles. The number of rotatable bonds is 2. The van der Waals surface area contributed by atoms with Gasteiger partial charge in [0, 0.05) is 7.11 Å². The van der Waals surface area contributed by atoms with Crippen LogP contribution in [0.15, 0.2) is 0 Å². The van der Waals surface area contributed by atoms with Crippen molar-refractivity contribution in [2.45, 2.75) is 39.3 Å². The van der Waals surface area contributed by atoms with Gasteiger partial charge in [-0.1, -0.05) is 39.3 Å². The molecular formula is C7H23NOSi2. The zero-order valence-electron chi connectivity index (χ0n) is 8.95. The number of hydrogen-bond acceptors (Lipinski definition) is 2. The minimum absolute atomic E-state index is 0.981. The van der Waals surface area contributed by atoms with Crippen LogP contribution < -0.4 is 4.65 Å². The molecule has 0 unspecified atom stereocenters. The van der Waals surface area contributed by atoms with Crippen molar-refractivity contribution in [2.24, 2.45) is 0 Å². The van der Waals surface area contributed by atoms with Gasteiger partial charge in [-0.25, -0.2) is 0 Å². The summed E-state index contributed by atoms with van der Waals surface area (Å²) in [4.78, 5) is 0. The summed E-state index contributed by atoms with van der Waals surface area (Å²) in [5.74, 6) is 0. The standard InChI is InChI=1S/C6H19NSi2.CH4O/c1-8(2,3)7-9(4,5)6;1-2/h7H,1-6H3;2H,1H3. The van der Waals surface area contributed by atoms with E-state index in [9.17, 15) is 0 Å². The summed E-state index contributed by atoms with van der Waals surface area (Å²) in [6, 6.07) is 0. The molecule has 2 N–H and O–H groups in total. The van der Waals surface area contributed by atoms with Crippen LogP contribution in [0.4, 0.5) is 0 Å². The highest BCUT2D eigenvalue weighted by Gasteiger charge is 2.22. The Morgan fingerprint density at radius 1 is 0.727 bits per heavy atom. The Hall–Kier alpha value is 0.354. The van der Waals surface area contributed by atoms with Crippen LogP contribution in [0.3, 0.4) is 0 Å². The molecule has 0 heterocycles. The summed E-state index contributed by atoms with van der Waals surface area (Å²) >= 11 is 0. The lowest BCUT2D eigenvalue weighted by molar-refractivity contribution is 0.399. The number of aliphatic hydroxyl groups excluding tert-OH is 1. The van der Waals surface area contributed by atoms with E-state index in [2.05, 4.69) is 43.9 Å². The van der Waals surface area contributed by atoms with Crippen molar-refractivity contribution in [1.29, 1.82) is 0 Å². The number of aliphatic hydroxyl groups is 1. The zero-order valence-corrected chi connectivity index (χ0v) is 10.9. The quantitative estimate of drug-likeness (QED) is 0.656. The molecular weight excluding hydrogens is 170 g/mol. The maximum atomic E-state index is 7.00. The Balaban J connectivity index is 0. The SMILES string of the molecule is CO.C[Si](C)(C)N[Si](C)(C)C. The normalized spacial score (nSPS) is 12.0. The summed E-state index contributed by atoms with van der Waals surface area (Å²) in [5.41, 5.74) is 0. The van der Waals surface area contributed by atoms with E-state index in [4.69, 9.17) is 5.11 Å². The van der Waals surface area contributed by atoms with E-state index in [1.165, 1.54) is 0 Å². The lowest BCUT2D eigenvalue weighted by atomic mass is 11.8. The van der Waals surface area contributed by atoms with E-state index in [-0.39, 0.29) is 0 Å². The molecule has 0 aliphatic carbocycles. The highest BCUT2D eigenvalue weighted by Crippen LogP contribution is 2.02. The maximum Gasteiger partial charge on any atom is 0.109 e. The molecule has 0 amide bonds. The van der Waals surface area contributed by atoms with E-state index in [1.54, 1.807) is 0 Å². The first-order chi connectivity index (χ1) is 4.71. The van der Waals surface area contributed by atoms with Gasteiger partial charge < -0.3 is 9.75 Å². The third-order valence-electron chi connectivity index (χ3n) is 0.750. The van der Waals surface area contributed by atoms with Crippen LogP contribution in [0.1, 0.15) is 0 Å². The third-order valence-corrected chi connectivity index (χ3v) is 6.75. The Morgan fingerprint density at radius 3 is 0.909 bits per heavy atom. The molecule has 0 atom stereocenters. The second-order valence-electron chi connectivity index (χ2n) is 4.62. The molecule has 11 heavy (non-hydrogen) atoms. The topological polar surface area (TPSA) is 32.3 Å². The van der Waals surface area contributed by atoms with E-state index >= 15 is 0 Å². The molecule has 0 fully saturated rings. The van der Waals surface area contributed by atoms with Gasteiger partial charge in [0.1, 0.15) is 16.5 Å². The van der Waals surface area contributed by atoms with Gasteiger partial charge in [0.15, 0.2) is 0 Å². The monoisotopic (exact) mass is 193 g/mol. The van der Waals surface area contributed by atoms with Crippen LogP contribution in [0.5, 0.6) is 0 Å². The first-order valence-corrected chi connectivity index (χ1v) is 10.9. The van der Waals surface area contributed by atoms with Crippen molar-refractivity contribution < 1.29 is 5.11 Å². The molecule has 0 spiro atoms. The zero-order chi connectivity index (χ0) is 9.71. The second kappa shape index (κ2) is 5.08. The molecule has 0 saturated carbocycles. The van der Waals surface area contributed by atoms with Gasteiger partial charge in [-0.3, -0.25) is 0 Å². The first-order valence-electron chi connectivity index (χ1n) is 3.95. The molecule has 70 valence electrons. The van der Waals surface area contributed by atoms with E-state index in [0.717, 1.165) is 7.11 Å². The van der Waals surface area contributed by atoms with Crippen LogP contribution in [0.25, 0.3) is 0 Å². The summed E-state index contributed by atoms with van der Waals surface area (Å²) in [7, 11) is -0.962. The molecule has 0 aromatic rings. The Kier molecular flexibility index (Phi) is 6.42. The van der Waals surface area contributed by atoms with Crippen LogP contribution >= 0.6 is 0 Å². The highest BCUT2D eigenvalue weighted by molar-refractivity contribution is 6.90. The molecule has 0 rings (SSSR count). The van der Waals surface area contributed by atoms with Crippen LogP contribution in [0, 0.1) is 0 Å². The highest BCUT2D eigenvalue weighted by atomic mass is 28.4. The van der Waals surface area contributed by atoms with Crippen molar-refractivity contribution in [1.82, 2.24) is 4.65 Å². The van der Waals surface area contributed by atoms with Gasteiger partial charge in [0.2, 0.25) is 0 Å². The summed E-state index contributed by atoms with van der Waals surface area (Å²) in [6.07, 6.45) is 0. The summed E-state index contributed by atoms with van der Waals surface area (Å²) in [5, 5.41) is 7.00. The Labute approximate surface area is 73.2 Å². The van der Waals surface area contributed by atoms with Crippen molar-refractivity contribution in [3.05, 3.63) is 0 Å². The fourth-order valence-electron chi connectivity index (χ4n) is 1.12. The summed E-state index contributed by atoms with van der Waals surface area (Å²) < 4.78 is 3.74. The van der Waals surface area contributed by atoms with E-state index < -0.39 is 16.5 Å². The number of hydrogen-bond donors (Lipinski definition) is 2. The average molecular weight is 193 g/mol. The van der Waals surface area contributed by atoms with Crippen molar-refractivity contribution in [2.75, 3.05) is 7.11 Å². The Bertz CT molecular complexity index is 81.6. The van der Waals surface area contributed by atoms with Crippen LogP contribution in [-0.2, 0) is 0 Å². The third kappa shape index (κ3) is 17.9. The van der Waals surface area contributed by atoms with E-state index in [0.29, 0.717) is 0 Å². The lowest BCUT2D eigenvalue weighted by Gasteiger charge is -2.28. The van der Waals surface area contributed by atoms with Gasteiger partial charge in [-0.15, -0.1) is 0 Å². The first kappa shape index (κ1) is 13.9. The Morgan fingerprint density at radius 2 is 0.909 bits per heavy atom. The lowest BCUT2D eigenvalue weighted by Crippen LogP contribution is -2.55. The van der Waals surface area contributed by atoms with Crippen LogP contribution in [0.2, 0.25) is 39.3 Å². The van der Waals surface area contributed by atoms with E-state index in [1.807, 2.05) is 0 Å². The smallest absolute Gasteiger partial charge is 0.109 e. The molecule has 4 heteroatoms. The molecule has 0 aromatic heterocycles.